The number of pyridine rings is 1. The number of halogens is 1. The topological polar surface area (TPSA) is 63.8 Å². The summed E-state index contributed by atoms with van der Waals surface area (Å²) in [5.74, 6) is -0.324. The molecule has 0 aliphatic carbocycles. The zero-order chi connectivity index (χ0) is 17.1. The van der Waals surface area contributed by atoms with E-state index in [9.17, 15) is 10.0 Å². The Hall–Kier alpha value is -2.79. The third-order valence-corrected chi connectivity index (χ3v) is 3.89. The van der Waals surface area contributed by atoms with Gasteiger partial charge >= 0.3 is 5.97 Å². The van der Waals surface area contributed by atoms with Gasteiger partial charge in [-0.2, -0.15) is 4.73 Å². The van der Waals surface area contributed by atoms with Gasteiger partial charge in [0.25, 0.3) is 0 Å². The lowest BCUT2D eigenvalue weighted by atomic mass is 10.1. The van der Waals surface area contributed by atoms with Crippen LogP contribution in [0.5, 0.6) is 0 Å². The molecule has 1 heterocycles. The summed E-state index contributed by atoms with van der Waals surface area (Å²) in [6, 6.07) is 14.3. The number of carbonyl (C=O) groups is 1. The van der Waals surface area contributed by atoms with Crippen LogP contribution in [0.15, 0.2) is 59.7 Å². The van der Waals surface area contributed by atoms with Gasteiger partial charge in [0.1, 0.15) is 0 Å². The van der Waals surface area contributed by atoms with Crippen molar-refractivity contribution in [3.8, 4) is 0 Å². The summed E-state index contributed by atoms with van der Waals surface area (Å²) in [6.45, 7) is 0. The highest BCUT2D eigenvalue weighted by Gasteiger charge is 2.08. The summed E-state index contributed by atoms with van der Waals surface area (Å²) in [6.07, 6.45) is 1.65. The Morgan fingerprint density at radius 3 is 2.83 bits per heavy atom. The lowest BCUT2D eigenvalue weighted by Gasteiger charge is -2.07. The number of esters is 1. The second-order valence-corrected chi connectivity index (χ2v) is 5.64. The highest BCUT2D eigenvalue weighted by atomic mass is 35.5. The fourth-order valence-electron chi connectivity index (χ4n) is 2.45. The molecule has 0 unspecified atom stereocenters. The maximum atomic E-state index is 11.6. The van der Waals surface area contributed by atoms with Crippen LogP contribution in [0.3, 0.4) is 0 Å². The van der Waals surface area contributed by atoms with Crippen molar-refractivity contribution in [2.75, 3.05) is 7.11 Å². The first-order valence-corrected chi connectivity index (χ1v) is 7.66. The molecule has 0 aliphatic rings. The number of nitrogens with zero attached hydrogens (tertiary/aromatic N) is 2. The molecule has 2 aromatic carbocycles. The molecule has 3 aromatic rings. The summed E-state index contributed by atoms with van der Waals surface area (Å²) in [4.78, 5) is 16.2. The molecular weight excluding hydrogens is 328 g/mol. The van der Waals surface area contributed by atoms with Gasteiger partial charge in [-0.05, 0) is 35.9 Å². The van der Waals surface area contributed by atoms with Gasteiger partial charge in [0.05, 0.1) is 30.1 Å². The maximum Gasteiger partial charge on any atom is 0.310 e. The molecule has 5 nitrogen and oxygen atoms in total. The van der Waals surface area contributed by atoms with E-state index in [4.69, 9.17) is 16.3 Å². The van der Waals surface area contributed by atoms with Crippen molar-refractivity contribution in [2.24, 2.45) is 4.99 Å². The third-order valence-electron chi connectivity index (χ3n) is 3.65. The molecule has 0 amide bonds. The van der Waals surface area contributed by atoms with Crippen molar-refractivity contribution >= 4 is 34.2 Å². The molecule has 0 aliphatic heterocycles. The van der Waals surface area contributed by atoms with Gasteiger partial charge in [-0.25, -0.2) is 4.99 Å². The standard InChI is InChI=1S/C18H15ClN2O3/c1-24-18(22)10-12-4-2-3-5-15(12)20-16-8-9-21(23)17-11-13(19)6-7-14(16)17/h2-9,11,23H,10H2,1H3. The second kappa shape index (κ2) is 6.76. The lowest BCUT2D eigenvalue weighted by molar-refractivity contribution is -0.139. The van der Waals surface area contributed by atoms with Crippen LogP contribution < -0.4 is 5.36 Å². The Morgan fingerprint density at radius 1 is 1.25 bits per heavy atom. The highest BCUT2D eigenvalue weighted by Crippen LogP contribution is 2.20. The predicted octanol–water partition coefficient (Wildman–Crippen LogP) is 3.48. The molecular formula is C18H15ClN2O3. The SMILES string of the molecule is COC(=O)Cc1ccccc1N=c1ccn(O)c2cc(Cl)ccc12. The number of carbonyl (C=O) groups excluding carboxylic acids is 1. The molecule has 0 spiro atoms. The summed E-state index contributed by atoms with van der Waals surface area (Å²) >= 11 is 6.00. The predicted molar refractivity (Wildman–Crippen MR) is 91.5 cm³/mol. The fraction of sp³-hybridized carbons (Fsp3) is 0.111. The molecule has 6 heteroatoms. The number of hydrogen-bond acceptors (Lipinski definition) is 4. The minimum Gasteiger partial charge on any atom is -0.469 e. The molecule has 122 valence electrons. The van der Waals surface area contributed by atoms with Crippen molar-refractivity contribution in [1.29, 1.82) is 0 Å². The Labute approximate surface area is 143 Å². The Bertz CT molecular complexity index is 979. The Kier molecular flexibility index (Phi) is 4.53. The van der Waals surface area contributed by atoms with E-state index in [1.165, 1.54) is 13.3 Å². The van der Waals surface area contributed by atoms with E-state index in [-0.39, 0.29) is 12.4 Å². The van der Waals surface area contributed by atoms with E-state index in [2.05, 4.69) is 4.99 Å². The molecule has 3 rings (SSSR count). The Balaban J connectivity index is 2.18. The van der Waals surface area contributed by atoms with E-state index < -0.39 is 0 Å². The first-order chi connectivity index (χ1) is 11.6. The van der Waals surface area contributed by atoms with Crippen LogP contribution >= 0.6 is 11.6 Å². The van der Waals surface area contributed by atoms with E-state index >= 15 is 0 Å². The van der Waals surface area contributed by atoms with Crippen LogP contribution in [0.4, 0.5) is 5.69 Å². The number of rotatable bonds is 3. The molecule has 0 radical (unpaired) electrons. The molecule has 0 atom stereocenters. The molecule has 0 saturated carbocycles. The summed E-state index contributed by atoms with van der Waals surface area (Å²) in [5.41, 5.74) is 2.00. The normalized spacial score (nSPS) is 11.7. The minimum atomic E-state index is -0.324. The number of benzene rings is 2. The first kappa shape index (κ1) is 16.1. The minimum absolute atomic E-state index is 0.146. The van der Waals surface area contributed by atoms with Gasteiger partial charge in [-0.3, -0.25) is 4.79 Å². The van der Waals surface area contributed by atoms with Crippen LogP contribution in [-0.2, 0) is 16.0 Å². The smallest absolute Gasteiger partial charge is 0.310 e. The molecule has 24 heavy (non-hydrogen) atoms. The highest BCUT2D eigenvalue weighted by molar-refractivity contribution is 6.31. The van der Waals surface area contributed by atoms with Gasteiger partial charge < -0.3 is 9.94 Å². The molecule has 0 fully saturated rings. The van der Waals surface area contributed by atoms with Gasteiger partial charge in [-0.1, -0.05) is 29.8 Å². The molecule has 0 bridgehead atoms. The summed E-state index contributed by atoms with van der Waals surface area (Å²) < 4.78 is 5.73. The largest absolute Gasteiger partial charge is 0.469 e. The second-order valence-electron chi connectivity index (χ2n) is 5.20. The molecule has 1 aromatic heterocycles. The quantitative estimate of drug-likeness (QED) is 0.585. The van der Waals surface area contributed by atoms with E-state index in [0.717, 1.165) is 15.7 Å². The zero-order valence-electron chi connectivity index (χ0n) is 12.9. The summed E-state index contributed by atoms with van der Waals surface area (Å²) in [7, 11) is 1.36. The van der Waals surface area contributed by atoms with Crippen molar-refractivity contribution in [3.63, 3.8) is 0 Å². The maximum absolute atomic E-state index is 11.6. The monoisotopic (exact) mass is 342 g/mol. The number of para-hydroxylation sites is 1. The van der Waals surface area contributed by atoms with E-state index in [0.29, 0.717) is 21.6 Å². The third kappa shape index (κ3) is 3.26. The van der Waals surface area contributed by atoms with Gasteiger partial charge in [0, 0.05) is 16.6 Å². The van der Waals surface area contributed by atoms with Gasteiger partial charge in [0.15, 0.2) is 0 Å². The van der Waals surface area contributed by atoms with Gasteiger partial charge in [0.2, 0.25) is 0 Å². The van der Waals surface area contributed by atoms with Crippen LogP contribution in [0, 0.1) is 0 Å². The lowest BCUT2D eigenvalue weighted by Crippen LogP contribution is -2.08. The van der Waals surface area contributed by atoms with Gasteiger partial charge in [-0.15, -0.1) is 0 Å². The average Bonchev–Trinajstić information content (AvgIpc) is 2.59. The van der Waals surface area contributed by atoms with Crippen molar-refractivity contribution in [2.45, 2.75) is 6.42 Å². The number of aromatic nitrogens is 1. The number of fused-ring (bicyclic) bond motifs is 1. The fourth-order valence-corrected chi connectivity index (χ4v) is 2.61. The van der Waals surface area contributed by atoms with E-state index in [1.807, 2.05) is 24.3 Å². The molecule has 1 N–H and O–H groups in total. The van der Waals surface area contributed by atoms with Crippen LogP contribution in [0.1, 0.15) is 5.56 Å². The van der Waals surface area contributed by atoms with E-state index in [1.54, 1.807) is 24.3 Å². The molecule has 0 saturated heterocycles. The van der Waals surface area contributed by atoms with Crippen molar-refractivity contribution in [1.82, 2.24) is 4.73 Å². The van der Waals surface area contributed by atoms with Crippen LogP contribution in [-0.4, -0.2) is 23.0 Å². The number of hydrogen-bond donors (Lipinski definition) is 1. The van der Waals surface area contributed by atoms with Crippen molar-refractivity contribution in [3.05, 3.63) is 70.7 Å². The van der Waals surface area contributed by atoms with Crippen LogP contribution in [0.2, 0.25) is 5.02 Å². The zero-order valence-corrected chi connectivity index (χ0v) is 13.7. The van der Waals surface area contributed by atoms with Crippen LogP contribution in [0.25, 0.3) is 10.9 Å². The Morgan fingerprint density at radius 2 is 2.04 bits per heavy atom. The number of ether oxygens (including phenoxy) is 1. The average molecular weight is 343 g/mol. The number of methoxy groups -OCH3 is 1. The summed E-state index contributed by atoms with van der Waals surface area (Å²) in [5, 5.41) is 11.9. The van der Waals surface area contributed by atoms with Crippen molar-refractivity contribution < 1.29 is 14.7 Å². The first-order valence-electron chi connectivity index (χ1n) is 7.28.